The first-order valence-electron chi connectivity index (χ1n) is 9.25. The minimum atomic E-state index is 0. The largest absolute Gasteiger partial charge is 0 e. The minimum absolute atomic E-state index is 0. The van der Waals surface area contributed by atoms with Crippen LogP contribution in [0.25, 0.3) is 0 Å². The zero-order valence-corrected chi connectivity index (χ0v) is 35.6. The van der Waals surface area contributed by atoms with Crippen molar-refractivity contribution in [1.29, 1.82) is 0 Å². The summed E-state index contributed by atoms with van der Waals surface area (Å²) in [5.41, 5.74) is 0. The van der Waals surface area contributed by atoms with Gasteiger partial charge in [-0.25, -0.2) is 0 Å². The second kappa shape index (κ2) is 47.1. The van der Waals surface area contributed by atoms with Gasteiger partial charge in [0.15, 0.2) is 0 Å². The van der Waals surface area contributed by atoms with E-state index in [2.05, 4.69) is 115 Å². The third-order valence-electron chi connectivity index (χ3n) is 1.00. The molecule has 0 amide bonds. The van der Waals surface area contributed by atoms with Gasteiger partial charge in [0.25, 0.3) is 0 Å². The summed E-state index contributed by atoms with van der Waals surface area (Å²) in [4.78, 5) is 4.59. The van der Waals surface area contributed by atoms with Crippen LogP contribution < -0.4 is 0 Å². The maximum atomic E-state index is 2.39. The molecule has 0 aliphatic rings. The van der Waals surface area contributed by atoms with Crippen molar-refractivity contribution in [3.8, 4) is 0 Å². The quantitative estimate of drug-likeness (QED) is 0.257. The molecule has 0 aromatic heterocycles. The molecule has 16 radical (unpaired) electrons. The fraction of sp³-hybridized carbons (Fsp3) is 1.00. The maximum absolute atomic E-state index is 2.39. The molecule has 0 aromatic rings. The summed E-state index contributed by atoms with van der Waals surface area (Å²) in [6.07, 6.45) is 0. The van der Waals surface area contributed by atoms with Crippen LogP contribution in [0.5, 0.6) is 0 Å². The predicted molar refractivity (Wildman–Crippen MR) is 157 cm³/mol. The molecule has 0 aliphatic carbocycles. The van der Waals surface area contributed by atoms with Gasteiger partial charge in [0.05, 0.1) is 0 Å². The van der Waals surface area contributed by atoms with Crippen LogP contribution in [0.3, 0.4) is 0 Å². The van der Waals surface area contributed by atoms with Gasteiger partial charge in [-0.15, -0.1) is 0 Å². The first kappa shape index (κ1) is 52.2. The summed E-state index contributed by atoms with van der Waals surface area (Å²) in [7, 11) is 0.782. The standard InChI is InChI=1S/C4H12Si2.4C3H9Si.2CH3.2Ge.Sn/c1-5(2)6(3)4;4*1-4(2)3;;;;;/h1-4H3;4*1-3H3;2*1H3;;;. The van der Waals surface area contributed by atoms with Gasteiger partial charge in [-0.2, -0.15) is 0 Å². The van der Waals surface area contributed by atoms with Gasteiger partial charge in [-0.3, -0.25) is 0 Å². The van der Waals surface area contributed by atoms with Gasteiger partial charge in [0.2, 0.25) is 0 Å². The number of hydrogen-bond acceptors (Lipinski definition) is 0. The van der Waals surface area contributed by atoms with Crippen molar-refractivity contribution in [3.05, 3.63) is 0 Å². The Hall–Kier alpha value is 3.19. The Balaban J connectivity index is -0.0000000267. The van der Waals surface area contributed by atoms with Gasteiger partial charge in [-0.1, -0.05) is 105 Å². The Labute approximate surface area is 220 Å². The Kier molecular flexibility index (Phi) is 91.1. The Bertz CT molecular complexity index is 144. The normalized spacial score (nSPS) is 8.44. The average Bonchev–Trinajstić information content (AvgIpc) is 2.25. The average molecular weight is 703 g/mol. The molecule has 0 aliphatic heterocycles. The monoisotopic (exact) mass is 706 g/mol. The molecule has 0 atom stereocenters. The van der Waals surface area contributed by atoms with Crippen molar-refractivity contribution in [1.82, 2.24) is 0 Å². The summed E-state index contributed by atoms with van der Waals surface area (Å²) < 4.78 is 0. The van der Waals surface area contributed by atoms with E-state index in [9.17, 15) is 0 Å². The summed E-state index contributed by atoms with van der Waals surface area (Å²) in [6, 6.07) is 0. The van der Waals surface area contributed by atoms with E-state index >= 15 is 0 Å². The van der Waals surface area contributed by atoms with E-state index in [4.69, 9.17) is 0 Å². The van der Waals surface area contributed by atoms with Crippen LogP contribution in [0.4, 0.5) is 0 Å². The van der Waals surface area contributed by atoms with Crippen molar-refractivity contribution < 1.29 is 0 Å². The van der Waals surface area contributed by atoms with Crippen molar-refractivity contribution in [2.24, 2.45) is 0 Å². The van der Waals surface area contributed by atoms with Crippen LogP contribution in [-0.4, -0.2) is 108 Å². The van der Waals surface area contributed by atoms with E-state index < -0.39 is 0 Å². The van der Waals surface area contributed by atoms with Crippen LogP contribution in [0.1, 0.15) is 0 Å². The Morgan fingerprint density at radius 3 is 0.370 bits per heavy atom. The molecule has 0 unspecified atom stereocenters. The summed E-state index contributed by atoms with van der Waals surface area (Å²) in [5, 5.41) is 0. The predicted octanol–water partition coefficient (Wildman–Crippen LogP) is 7.08. The van der Waals surface area contributed by atoms with Crippen molar-refractivity contribution in [2.75, 3.05) is 0 Å². The molecule has 27 heavy (non-hydrogen) atoms. The van der Waals surface area contributed by atoms with E-state index in [0.29, 0.717) is 0 Å². The van der Waals surface area contributed by atoms with Crippen LogP contribution in [0, 0.1) is 0 Å². The molecule has 162 valence electrons. The second-order valence-corrected chi connectivity index (χ2v) is 33.4. The van der Waals surface area contributed by atoms with Crippen LogP contribution in [-0.2, 0) is 0 Å². The minimum Gasteiger partial charge on any atom is 0 e. The zero-order chi connectivity index (χ0) is 22.2. The van der Waals surface area contributed by atoms with Crippen LogP contribution in [0.2, 0.25) is 115 Å². The molecule has 0 aromatic carbocycles. The molecule has 0 saturated heterocycles. The summed E-state index contributed by atoms with van der Waals surface area (Å²) >= 11 is 0.230. The van der Waals surface area contributed by atoms with Gasteiger partial charge in [-0.05, 0) is 0 Å². The van der Waals surface area contributed by atoms with E-state index in [1.54, 1.807) is 0 Å². The number of hydrogen-bond donors (Lipinski definition) is 0. The first-order chi connectivity index (χ1) is 11.0. The summed E-state index contributed by atoms with van der Waals surface area (Å²) in [5.74, 6) is 0. The maximum Gasteiger partial charge on any atom is 0 e. The van der Waals surface area contributed by atoms with Gasteiger partial charge in [0, 0.05) is 87.0 Å². The molecular weight excluding hydrogens is 649 g/mol. The SMILES string of the molecule is C[Si](C)C.C[Si](C)C.C[Si](C)C.C[Si](C)C.C[Si](C)[Si](C)C.[CH3][Sn][CH3].[Ge].[Ge]. The van der Waals surface area contributed by atoms with E-state index in [1.807, 2.05) is 0 Å². The molecular formula is C18H54Ge2Si6Sn. The van der Waals surface area contributed by atoms with Gasteiger partial charge in [0.1, 0.15) is 0 Å². The van der Waals surface area contributed by atoms with E-state index in [1.165, 1.54) is 0 Å². The fourth-order valence-electron chi connectivity index (χ4n) is 0. The van der Waals surface area contributed by atoms with Crippen molar-refractivity contribution >= 4 is 108 Å². The molecule has 9 heteroatoms. The molecule has 0 N–H and O–H groups in total. The topological polar surface area (TPSA) is 0 Å². The molecule has 0 heterocycles. The van der Waals surface area contributed by atoms with Gasteiger partial charge >= 0.3 is 31.0 Å². The van der Waals surface area contributed by atoms with E-state index in [-0.39, 0.29) is 108 Å². The molecule has 0 saturated carbocycles. The first-order valence-corrected chi connectivity index (χ1v) is 33.0. The molecule has 0 bridgehead atoms. The third kappa shape index (κ3) is 418. The molecule has 0 fully saturated rings. The third-order valence-corrected chi connectivity index (χ3v) is 9.00. The van der Waals surface area contributed by atoms with Gasteiger partial charge < -0.3 is 0 Å². The summed E-state index contributed by atoms with van der Waals surface area (Å²) in [6.45, 7) is 36.8. The Morgan fingerprint density at radius 2 is 0.370 bits per heavy atom. The smallest absolute Gasteiger partial charge is 0 e. The van der Waals surface area contributed by atoms with Crippen molar-refractivity contribution in [2.45, 2.75) is 115 Å². The van der Waals surface area contributed by atoms with Crippen molar-refractivity contribution in [3.63, 3.8) is 0 Å². The molecule has 0 rings (SSSR count). The molecule has 0 nitrogen and oxygen atoms in total. The van der Waals surface area contributed by atoms with E-state index in [0.717, 1.165) is 0 Å². The second-order valence-electron chi connectivity index (χ2n) is 8.50. The Morgan fingerprint density at radius 1 is 0.333 bits per heavy atom. The molecule has 0 spiro atoms. The van der Waals surface area contributed by atoms with Crippen LogP contribution in [0.15, 0.2) is 0 Å². The number of rotatable bonds is 1. The van der Waals surface area contributed by atoms with Crippen LogP contribution >= 0.6 is 0 Å². The zero-order valence-electron chi connectivity index (χ0n) is 22.5. The fourth-order valence-corrected chi connectivity index (χ4v) is 0.